The maximum atomic E-state index is 2.26. The van der Waals surface area contributed by atoms with E-state index in [1.165, 1.54) is 6.42 Å². The van der Waals surface area contributed by atoms with E-state index in [1.54, 1.807) is 0 Å². The van der Waals surface area contributed by atoms with Crippen LogP contribution in [0.4, 0.5) is 0 Å². The standard InChI is InChI=1S/C6H15B/c1-5(2)4-6(3)7/h5-6H,4,7H2,1-3H3. The second-order valence-corrected chi connectivity index (χ2v) is 3.02. The molecule has 1 unspecified atom stereocenters. The van der Waals surface area contributed by atoms with Gasteiger partial charge >= 0.3 is 0 Å². The van der Waals surface area contributed by atoms with Crippen molar-refractivity contribution in [3.63, 3.8) is 0 Å². The quantitative estimate of drug-likeness (QED) is 0.459. The summed E-state index contributed by atoms with van der Waals surface area (Å²) in [5.41, 5.74) is 0. The second-order valence-electron chi connectivity index (χ2n) is 3.02. The average molecular weight is 98.0 g/mol. The predicted molar refractivity (Wildman–Crippen MR) is 37.4 cm³/mol. The van der Waals surface area contributed by atoms with Crippen LogP contribution in [0.5, 0.6) is 0 Å². The summed E-state index contributed by atoms with van der Waals surface area (Å²) >= 11 is 0. The third-order valence-electron chi connectivity index (χ3n) is 0.943. The van der Waals surface area contributed by atoms with Gasteiger partial charge in [0.2, 0.25) is 0 Å². The number of rotatable bonds is 2. The molecule has 0 fully saturated rings. The highest BCUT2D eigenvalue weighted by Gasteiger charge is 1.95. The summed E-state index contributed by atoms with van der Waals surface area (Å²) in [4.78, 5) is 0. The molecule has 0 aromatic rings. The van der Waals surface area contributed by atoms with Crippen LogP contribution in [0.1, 0.15) is 27.2 Å². The van der Waals surface area contributed by atoms with Crippen molar-refractivity contribution in [3.8, 4) is 0 Å². The normalized spacial score (nSPS) is 14.9. The van der Waals surface area contributed by atoms with E-state index in [2.05, 4.69) is 28.6 Å². The van der Waals surface area contributed by atoms with Gasteiger partial charge < -0.3 is 0 Å². The molecule has 0 aromatic carbocycles. The third-order valence-corrected chi connectivity index (χ3v) is 0.943. The van der Waals surface area contributed by atoms with Gasteiger partial charge in [0.05, 0.1) is 0 Å². The Morgan fingerprint density at radius 1 is 1.29 bits per heavy atom. The molecule has 1 atom stereocenters. The van der Waals surface area contributed by atoms with Crippen molar-refractivity contribution in [3.05, 3.63) is 0 Å². The van der Waals surface area contributed by atoms with Gasteiger partial charge in [0.25, 0.3) is 0 Å². The summed E-state index contributed by atoms with van der Waals surface area (Å²) in [6, 6.07) is 0. The van der Waals surface area contributed by atoms with Crippen molar-refractivity contribution in [2.24, 2.45) is 5.92 Å². The summed E-state index contributed by atoms with van der Waals surface area (Å²) in [7, 11) is 2.26. The fraction of sp³-hybridized carbons (Fsp3) is 1.00. The SMILES string of the molecule is BC(C)CC(C)C. The molecule has 0 aliphatic heterocycles. The zero-order chi connectivity index (χ0) is 5.86. The van der Waals surface area contributed by atoms with E-state index in [4.69, 9.17) is 0 Å². The van der Waals surface area contributed by atoms with E-state index in [-0.39, 0.29) is 0 Å². The second kappa shape index (κ2) is 3.12. The van der Waals surface area contributed by atoms with Crippen LogP contribution in [0.2, 0.25) is 5.82 Å². The van der Waals surface area contributed by atoms with Crippen molar-refractivity contribution < 1.29 is 0 Å². The smallest absolute Gasteiger partial charge is 0.0723 e. The molecule has 0 heterocycles. The van der Waals surface area contributed by atoms with Gasteiger partial charge in [-0.15, -0.1) is 0 Å². The fourth-order valence-electron chi connectivity index (χ4n) is 0.943. The fourth-order valence-corrected chi connectivity index (χ4v) is 0.943. The van der Waals surface area contributed by atoms with Crippen molar-refractivity contribution in [1.82, 2.24) is 0 Å². The van der Waals surface area contributed by atoms with E-state index in [0.29, 0.717) is 0 Å². The minimum absolute atomic E-state index is 0.875. The van der Waals surface area contributed by atoms with Crippen molar-refractivity contribution >= 4 is 7.85 Å². The summed E-state index contributed by atoms with van der Waals surface area (Å²) in [5.74, 6) is 1.75. The Morgan fingerprint density at radius 3 is 1.71 bits per heavy atom. The lowest BCUT2D eigenvalue weighted by molar-refractivity contribution is 0.576. The molecule has 0 spiro atoms. The van der Waals surface area contributed by atoms with Gasteiger partial charge in [0, 0.05) is 0 Å². The van der Waals surface area contributed by atoms with Gasteiger partial charge in [-0.05, 0) is 5.92 Å². The predicted octanol–water partition coefficient (Wildman–Crippen LogP) is 1.47. The van der Waals surface area contributed by atoms with Gasteiger partial charge in [-0.25, -0.2) is 0 Å². The molecule has 0 nitrogen and oxygen atoms in total. The molecule has 42 valence electrons. The first-order chi connectivity index (χ1) is 3.13. The lowest BCUT2D eigenvalue weighted by atomic mass is 9.83. The number of hydrogen-bond acceptors (Lipinski definition) is 0. The number of hydrogen-bond donors (Lipinski definition) is 0. The van der Waals surface area contributed by atoms with Crippen LogP contribution in [-0.2, 0) is 0 Å². The molecule has 0 rings (SSSR count). The van der Waals surface area contributed by atoms with E-state index in [9.17, 15) is 0 Å². The van der Waals surface area contributed by atoms with Crippen LogP contribution in [0, 0.1) is 5.92 Å². The Bertz CT molecular complexity index is 33.4. The molecule has 0 bridgehead atoms. The molecule has 0 aromatic heterocycles. The van der Waals surface area contributed by atoms with Gasteiger partial charge in [-0.2, -0.15) is 0 Å². The van der Waals surface area contributed by atoms with Crippen molar-refractivity contribution in [1.29, 1.82) is 0 Å². The van der Waals surface area contributed by atoms with Gasteiger partial charge in [-0.3, -0.25) is 0 Å². The minimum atomic E-state index is 0.875. The highest BCUT2D eigenvalue weighted by atomic mass is 14.0. The molecule has 0 aliphatic rings. The average Bonchev–Trinajstić information content (AvgIpc) is 1.27. The summed E-state index contributed by atoms with van der Waals surface area (Å²) in [6.07, 6.45) is 1.36. The molecular weight excluding hydrogens is 82.9 g/mol. The summed E-state index contributed by atoms with van der Waals surface area (Å²) in [5, 5.41) is 0. The summed E-state index contributed by atoms with van der Waals surface area (Å²) < 4.78 is 0. The molecule has 0 saturated heterocycles. The molecule has 0 aliphatic carbocycles. The highest BCUT2D eigenvalue weighted by Crippen LogP contribution is 2.10. The van der Waals surface area contributed by atoms with Crippen LogP contribution in [0.15, 0.2) is 0 Å². The Labute approximate surface area is 47.7 Å². The molecule has 0 saturated carbocycles. The lowest BCUT2D eigenvalue weighted by Gasteiger charge is -2.05. The Kier molecular flexibility index (Phi) is 3.15. The minimum Gasteiger partial charge on any atom is -0.0723 e. The largest absolute Gasteiger partial charge is 0.105 e. The summed E-state index contributed by atoms with van der Waals surface area (Å²) in [6.45, 7) is 6.79. The Morgan fingerprint density at radius 2 is 1.71 bits per heavy atom. The maximum absolute atomic E-state index is 2.26. The van der Waals surface area contributed by atoms with Crippen LogP contribution >= 0.6 is 0 Å². The van der Waals surface area contributed by atoms with Crippen LogP contribution < -0.4 is 0 Å². The van der Waals surface area contributed by atoms with Crippen LogP contribution in [0.25, 0.3) is 0 Å². The zero-order valence-electron chi connectivity index (χ0n) is 5.86. The molecule has 7 heavy (non-hydrogen) atoms. The van der Waals surface area contributed by atoms with E-state index < -0.39 is 0 Å². The Hall–Kier alpha value is 0.0649. The monoisotopic (exact) mass is 98.1 g/mol. The van der Waals surface area contributed by atoms with Crippen molar-refractivity contribution in [2.75, 3.05) is 0 Å². The lowest BCUT2D eigenvalue weighted by Crippen LogP contribution is -1.92. The first kappa shape index (κ1) is 7.06. The first-order valence-electron chi connectivity index (χ1n) is 3.13. The first-order valence-corrected chi connectivity index (χ1v) is 3.13. The van der Waals surface area contributed by atoms with E-state index >= 15 is 0 Å². The van der Waals surface area contributed by atoms with E-state index in [1.807, 2.05) is 0 Å². The molecule has 1 heteroatoms. The van der Waals surface area contributed by atoms with Gasteiger partial charge in [0.15, 0.2) is 0 Å². The molecule has 0 radical (unpaired) electrons. The maximum Gasteiger partial charge on any atom is 0.105 e. The van der Waals surface area contributed by atoms with Crippen LogP contribution in [-0.4, -0.2) is 7.85 Å². The van der Waals surface area contributed by atoms with Crippen LogP contribution in [0.3, 0.4) is 0 Å². The van der Waals surface area contributed by atoms with Gasteiger partial charge in [0.1, 0.15) is 7.85 Å². The van der Waals surface area contributed by atoms with Crippen molar-refractivity contribution in [2.45, 2.75) is 33.0 Å². The topological polar surface area (TPSA) is 0 Å². The third kappa shape index (κ3) is 6.06. The van der Waals surface area contributed by atoms with Gasteiger partial charge in [-0.1, -0.05) is 33.0 Å². The molecular formula is C6H15B. The molecule has 0 N–H and O–H groups in total. The highest BCUT2D eigenvalue weighted by molar-refractivity contribution is 6.11. The molecule has 0 amide bonds. The zero-order valence-corrected chi connectivity index (χ0v) is 5.86. The Balaban J connectivity index is 2.95. The van der Waals surface area contributed by atoms with E-state index in [0.717, 1.165) is 11.7 Å².